The van der Waals surface area contributed by atoms with Crippen LogP contribution in [0.1, 0.15) is 37.7 Å². The van der Waals surface area contributed by atoms with Gasteiger partial charge in [0.1, 0.15) is 0 Å². The molecule has 2 aliphatic rings. The minimum absolute atomic E-state index is 0.00783. The van der Waals surface area contributed by atoms with Gasteiger partial charge in [0, 0.05) is 32.7 Å². The summed E-state index contributed by atoms with van der Waals surface area (Å²) < 4.78 is 0. The van der Waals surface area contributed by atoms with E-state index in [2.05, 4.69) is 22.0 Å². The quantitative estimate of drug-likeness (QED) is 0.532. The van der Waals surface area contributed by atoms with Gasteiger partial charge in [0.2, 0.25) is 0 Å². The molecular formula is C21H30N4O2. The zero-order chi connectivity index (χ0) is 18.9. The summed E-state index contributed by atoms with van der Waals surface area (Å²) in [6.45, 7) is 3.23. The van der Waals surface area contributed by atoms with Gasteiger partial charge in [-0.15, -0.1) is 0 Å². The van der Waals surface area contributed by atoms with Crippen LogP contribution in [0.4, 0.5) is 9.59 Å². The fraction of sp³-hybridized carbons (Fsp3) is 0.524. The molecule has 6 heteroatoms. The van der Waals surface area contributed by atoms with E-state index in [0.29, 0.717) is 32.0 Å². The standard InChI is InChI=1S/C21H30N4O2/c26-20(24-15-17-7-2-1-3-8-17)22-12-6-13-23-21(27)25-14-11-18-9-4-5-10-19(18)16-25/h1-3,7-8,10,18H,4-6,9,11-16H2,(H,23,27)(H2,22,24,26). The number of carbonyl (C=O) groups excluding carboxylic acids is 2. The normalized spacial score (nSPS) is 18.9. The van der Waals surface area contributed by atoms with E-state index in [1.807, 2.05) is 35.2 Å². The second-order valence-electron chi connectivity index (χ2n) is 7.30. The summed E-state index contributed by atoms with van der Waals surface area (Å²) in [5.41, 5.74) is 2.51. The molecule has 1 aliphatic heterocycles. The molecule has 1 aromatic carbocycles. The highest BCUT2D eigenvalue weighted by Gasteiger charge is 2.27. The van der Waals surface area contributed by atoms with Gasteiger partial charge in [-0.1, -0.05) is 42.0 Å². The summed E-state index contributed by atoms with van der Waals surface area (Å²) in [6, 6.07) is 9.62. The van der Waals surface area contributed by atoms with Crippen LogP contribution >= 0.6 is 0 Å². The fourth-order valence-corrected chi connectivity index (χ4v) is 3.75. The molecule has 1 aliphatic carbocycles. The van der Waals surface area contributed by atoms with Crippen LogP contribution in [0.15, 0.2) is 42.0 Å². The fourth-order valence-electron chi connectivity index (χ4n) is 3.75. The van der Waals surface area contributed by atoms with Crippen molar-refractivity contribution >= 4 is 12.1 Å². The Bertz CT molecular complexity index is 659. The Balaban J connectivity index is 1.26. The number of nitrogens with zero attached hydrogens (tertiary/aromatic N) is 1. The first-order valence-electron chi connectivity index (χ1n) is 9.99. The number of amides is 4. The summed E-state index contributed by atoms with van der Waals surface area (Å²) in [5, 5.41) is 8.61. The third kappa shape index (κ3) is 6.01. The first-order valence-corrected chi connectivity index (χ1v) is 9.99. The van der Waals surface area contributed by atoms with E-state index in [1.165, 1.54) is 18.4 Å². The molecule has 1 saturated heterocycles. The number of hydrogen-bond acceptors (Lipinski definition) is 2. The zero-order valence-corrected chi connectivity index (χ0v) is 15.9. The third-order valence-corrected chi connectivity index (χ3v) is 5.31. The maximum atomic E-state index is 12.3. The molecule has 1 heterocycles. The molecule has 0 saturated carbocycles. The lowest BCUT2D eigenvalue weighted by atomic mass is 9.82. The van der Waals surface area contributed by atoms with Crippen LogP contribution in [-0.4, -0.2) is 43.1 Å². The van der Waals surface area contributed by atoms with Crippen LogP contribution in [0.25, 0.3) is 0 Å². The van der Waals surface area contributed by atoms with Crippen molar-refractivity contribution < 1.29 is 9.59 Å². The Morgan fingerprint density at radius 2 is 1.85 bits per heavy atom. The van der Waals surface area contributed by atoms with Crippen LogP contribution in [0.2, 0.25) is 0 Å². The maximum absolute atomic E-state index is 12.3. The molecule has 6 nitrogen and oxygen atoms in total. The molecule has 3 N–H and O–H groups in total. The first-order chi connectivity index (χ1) is 13.2. The van der Waals surface area contributed by atoms with E-state index in [-0.39, 0.29) is 12.1 Å². The van der Waals surface area contributed by atoms with Gasteiger partial charge in [0.15, 0.2) is 0 Å². The molecule has 1 aromatic rings. The largest absolute Gasteiger partial charge is 0.338 e. The van der Waals surface area contributed by atoms with Gasteiger partial charge in [0.05, 0.1) is 0 Å². The zero-order valence-electron chi connectivity index (χ0n) is 15.9. The molecule has 0 spiro atoms. The van der Waals surface area contributed by atoms with Crippen molar-refractivity contribution in [3.8, 4) is 0 Å². The Morgan fingerprint density at radius 3 is 2.70 bits per heavy atom. The lowest BCUT2D eigenvalue weighted by Gasteiger charge is -2.36. The summed E-state index contributed by atoms with van der Waals surface area (Å²) in [5.74, 6) is 0.696. The average molecular weight is 370 g/mol. The first kappa shape index (κ1) is 19.3. The number of allylic oxidation sites excluding steroid dienone is 1. The summed E-state index contributed by atoms with van der Waals surface area (Å²) >= 11 is 0. The van der Waals surface area contributed by atoms with Gasteiger partial charge in [0.25, 0.3) is 0 Å². The number of carbonyl (C=O) groups is 2. The molecular weight excluding hydrogens is 340 g/mol. The molecule has 1 atom stereocenters. The number of nitrogens with one attached hydrogen (secondary N) is 3. The van der Waals surface area contributed by atoms with E-state index in [4.69, 9.17) is 0 Å². The molecule has 3 rings (SSSR count). The van der Waals surface area contributed by atoms with Crippen molar-refractivity contribution in [2.24, 2.45) is 5.92 Å². The monoisotopic (exact) mass is 370 g/mol. The number of hydrogen-bond donors (Lipinski definition) is 3. The number of likely N-dealkylation sites (tertiary alicyclic amines) is 1. The molecule has 27 heavy (non-hydrogen) atoms. The maximum Gasteiger partial charge on any atom is 0.317 e. The van der Waals surface area contributed by atoms with E-state index in [0.717, 1.165) is 31.5 Å². The van der Waals surface area contributed by atoms with Crippen molar-refractivity contribution in [2.75, 3.05) is 26.2 Å². The molecule has 1 fully saturated rings. The van der Waals surface area contributed by atoms with E-state index in [9.17, 15) is 9.59 Å². The van der Waals surface area contributed by atoms with E-state index < -0.39 is 0 Å². The summed E-state index contributed by atoms with van der Waals surface area (Å²) in [7, 11) is 0. The van der Waals surface area contributed by atoms with Crippen molar-refractivity contribution in [1.29, 1.82) is 0 Å². The SMILES string of the molecule is O=C(NCCCNC(=O)N1CCC2CCCC=C2C1)NCc1ccccc1. The van der Waals surface area contributed by atoms with Gasteiger partial charge in [-0.2, -0.15) is 0 Å². The minimum atomic E-state index is -0.184. The van der Waals surface area contributed by atoms with Gasteiger partial charge >= 0.3 is 12.1 Å². The van der Waals surface area contributed by atoms with Crippen LogP contribution in [0.5, 0.6) is 0 Å². The van der Waals surface area contributed by atoms with Gasteiger partial charge < -0.3 is 20.9 Å². The number of rotatable bonds is 6. The van der Waals surface area contributed by atoms with Gasteiger partial charge in [-0.25, -0.2) is 9.59 Å². The number of piperidine rings is 1. The Kier molecular flexibility index (Phi) is 7.13. The van der Waals surface area contributed by atoms with Crippen molar-refractivity contribution in [2.45, 2.75) is 38.6 Å². The van der Waals surface area contributed by atoms with E-state index in [1.54, 1.807) is 0 Å². The van der Waals surface area contributed by atoms with Crippen LogP contribution < -0.4 is 16.0 Å². The van der Waals surface area contributed by atoms with Crippen molar-refractivity contribution in [3.63, 3.8) is 0 Å². The topological polar surface area (TPSA) is 73.5 Å². The highest BCUT2D eigenvalue weighted by Crippen LogP contribution is 2.31. The molecule has 1 unspecified atom stereocenters. The lowest BCUT2D eigenvalue weighted by molar-refractivity contribution is 0.186. The van der Waals surface area contributed by atoms with Crippen LogP contribution in [-0.2, 0) is 6.54 Å². The molecule has 4 amide bonds. The summed E-state index contributed by atoms with van der Waals surface area (Å²) in [4.78, 5) is 26.0. The number of benzene rings is 1. The van der Waals surface area contributed by atoms with Crippen LogP contribution in [0, 0.1) is 5.92 Å². The predicted octanol–water partition coefficient (Wildman–Crippen LogP) is 3.02. The Hall–Kier alpha value is -2.50. The average Bonchev–Trinajstić information content (AvgIpc) is 2.72. The van der Waals surface area contributed by atoms with Gasteiger partial charge in [-0.3, -0.25) is 0 Å². The van der Waals surface area contributed by atoms with Crippen LogP contribution in [0.3, 0.4) is 0 Å². The second kappa shape index (κ2) is 10.00. The smallest absolute Gasteiger partial charge is 0.317 e. The van der Waals surface area contributed by atoms with Gasteiger partial charge in [-0.05, 0) is 43.6 Å². The molecule has 146 valence electrons. The molecule has 0 radical (unpaired) electrons. The molecule has 0 aromatic heterocycles. The third-order valence-electron chi connectivity index (χ3n) is 5.31. The Labute approximate surface area is 161 Å². The van der Waals surface area contributed by atoms with Crippen molar-refractivity contribution in [3.05, 3.63) is 47.5 Å². The number of fused-ring (bicyclic) bond motifs is 1. The Morgan fingerprint density at radius 1 is 1.04 bits per heavy atom. The second-order valence-corrected chi connectivity index (χ2v) is 7.30. The minimum Gasteiger partial charge on any atom is -0.338 e. The summed E-state index contributed by atoms with van der Waals surface area (Å²) in [6.07, 6.45) is 7.84. The highest BCUT2D eigenvalue weighted by atomic mass is 16.2. The lowest BCUT2D eigenvalue weighted by Crippen LogP contribution is -2.46. The van der Waals surface area contributed by atoms with E-state index >= 15 is 0 Å². The number of urea groups is 2. The highest BCUT2D eigenvalue weighted by molar-refractivity contribution is 5.75. The van der Waals surface area contributed by atoms with Crippen molar-refractivity contribution in [1.82, 2.24) is 20.9 Å². The predicted molar refractivity (Wildman–Crippen MR) is 106 cm³/mol. The molecule has 0 bridgehead atoms.